The van der Waals surface area contributed by atoms with Crippen molar-refractivity contribution in [1.29, 1.82) is 0 Å². The minimum atomic E-state index is -0.0411. The van der Waals surface area contributed by atoms with Crippen molar-refractivity contribution in [2.75, 3.05) is 47.0 Å². The summed E-state index contributed by atoms with van der Waals surface area (Å²) in [6, 6.07) is 14.3. The fraction of sp³-hybridized carbons (Fsp3) is 0.320. The van der Waals surface area contributed by atoms with Gasteiger partial charge >= 0.3 is 0 Å². The molecule has 0 unspecified atom stereocenters. The highest BCUT2D eigenvalue weighted by Crippen LogP contribution is 2.29. The fourth-order valence-electron chi connectivity index (χ4n) is 3.91. The molecule has 1 aliphatic rings. The summed E-state index contributed by atoms with van der Waals surface area (Å²) >= 11 is 1.43. The van der Waals surface area contributed by atoms with E-state index in [2.05, 4.69) is 57.1 Å². The highest BCUT2D eigenvalue weighted by Gasteiger charge is 2.22. The Hall–Kier alpha value is -3.06. The largest absolute Gasteiger partial charge is 0.368 e. The molecule has 1 aliphatic heterocycles. The van der Waals surface area contributed by atoms with Crippen molar-refractivity contribution in [3.8, 4) is 0 Å². The molecule has 0 radical (unpaired) electrons. The number of hydrogen-bond donors (Lipinski definition) is 1. The van der Waals surface area contributed by atoms with Gasteiger partial charge in [-0.2, -0.15) is 0 Å². The van der Waals surface area contributed by atoms with Gasteiger partial charge in [0.15, 0.2) is 5.82 Å². The number of rotatable bonds is 6. The van der Waals surface area contributed by atoms with E-state index in [4.69, 9.17) is 0 Å². The number of benzene rings is 2. The Balaban J connectivity index is 1.38. The lowest BCUT2D eigenvalue weighted by Crippen LogP contribution is -2.47. The summed E-state index contributed by atoms with van der Waals surface area (Å²) in [7, 11) is 0. The van der Waals surface area contributed by atoms with Gasteiger partial charge in [-0.1, -0.05) is 42.1 Å². The topological polar surface area (TPSA) is 61.4 Å². The number of carbonyl (C=O) groups is 1. The second-order valence-electron chi connectivity index (χ2n) is 8.03. The van der Waals surface area contributed by atoms with Crippen LogP contribution in [0, 0.1) is 20.8 Å². The number of anilines is 3. The molecule has 166 valence electrons. The highest BCUT2D eigenvalue weighted by molar-refractivity contribution is 8.00. The van der Waals surface area contributed by atoms with E-state index in [-0.39, 0.29) is 5.91 Å². The molecule has 1 saturated heterocycles. The maximum Gasteiger partial charge on any atom is 0.234 e. The predicted octanol–water partition coefficient (Wildman–Crippen LogP) is 4.46. The number of hydrogen-bond acceptors (Lipinski definition) is 6. The normalized spacial score (nSPS) is 13.8. The zero-order chi connectivity index (χ0) is 22.5. The van der Waals surface area contributed by atoms with Crippen LogP contribution in [0.3, 0.4) is 0 Å². The zero-order valence-electron chi connectivity index (χ0n) is 18.8. The van der Waals surface area contributed by atoms with Gasteiger partial charge in [-0.15, -0.1) is 0 Å². The van der Waals surface area contributed by atoms with Crippen LogP contribution in [-0.4, -0.2) is 47.8 Å². The van der Waals surface area contributed by atoms with E-state index in [0.29, 0.717) is 5.75 Å². The van der Waals surface area contributed by atoms with Gasteiger partial charge in [-0.05, 0) is 49.6 Å². The molecule has 2 aromatic carbocycles. The van der Waals surface area contributed by atoms with E-state index >= 15 is 0 Å². The molecule has 2 heterocycles. The van der Waals surface area contributed by atoms with E-state index in [1.54, 1.807) is 12.4 Å². The molecule has 0 spiro atoms. The predicted molar refractivity (Wildman–Crippen MR) is 133 cm³/mol. The summed E-state index contributed by atoms with van der Waals surface area (Å²) in [6.07, 6.45) is 3.42. The van der Waals surface area contributed by atoms with Crippen LogP contribution in [0.15, 0.2) is 59.9 Å². The van der Waals surface area contributed by atoms with Gasteiger partial charge in [0.1, 0.15) is 5.03 Å². The van der Waals surface area contributed by atoms with Crippen LogP contribution in [0.2, 0.25) is 0 Å². The average molecular weight is 448 g/mol. The molecule has 1 amide bonds. The summed E-state index contributed by atoms with van der Waals surface area (Å²) in [5.74, 6) is 1.12. The number of amides is 1. The lowest BCUT2D eigenvalue weighted by molar-refractivity contribution is -0.113. The minimum absolute atomic E-state index is 0.0411. The van der Waals surface area contributed by atoms with Crippen LogP contribution in [0.5, 0.6) is 0 Å². The van der Waals surface area contributed by atoms with Gasteiger partial charge in [0, 0.05) is 49.9 Å². The third kappa shape index (κ3) is 5.05. The molecule has 7 heteroatoms. The number of aryl methyl sites for hydroxylation is 2. The quantitative estimate of drug-likeness (QED) is 0.563. The lowest BCUT2D eigenvalue weighted by atomic mass is 10.1. The van der Waals surface area contributed by atoms with Gasteiger partial charge in [0.25, 0.3) is 0 Å². The first-order valence-corrected chi connectivity index (χ1v) is 11.9. The number of nitrogens with zero attached hydrogens (tertiary/aromatic N) is 4. The number of para-hydroxylation sites is 1. The van der Waals surface area contributed by atoms with Gasteiger partial charge in [0.05, 0.1) is 5.75 Å². The number of aromatic nitrogens is 2. The molecule has 0 bridgehead atoms. The molecule has 0 atom stereocenters. The number of thioether (sulfide) groups is 1. The first-order chi connectivity index (χ1) is 15.5. The van der Waals surface area contributed by atoms with Crippen molar-refractivity contribution < 1.29 is 4.79 Å². The highest BCUT2D eigenvalue weighted by atomic mass is 32.2. The maximum absolute atomic E-state index is 12.5. The Morgan fingerprint density at radius 1 is 0.906 bits per heavy atom. The molecular weight excluding hydrogens is 418 g/mol. The molecule has 6 nitrogen and oxygen atoms in total. The van der Waals surface area contributed by atoms with Crippen molar-refractivity contribution in [2.45, 2.75) is 25.8 Å². The number of piperazine rings is 1. The summed E-state index contributed by atoms with van der Waals surface area (Å²) in [5.41, 5.74) is 5.87. The van der Waals surface area contributed by atoms with E-state index in [9.17, 15) is 4.79 Å². The Labute approximate surface area is 194 Å². The summed E-state index contributed by atoms with van der Waals surface area (Å²) < 4.78 is 0. The van der Waals surface area contributed by atoms with E-state index < -0.39 is 0 Å². The molecule has 0 aliphatic carbocycles. The van der Waals surface area contributed by atoms with E-state index in [0.717, 1.165) is 48.3 Å². The molecule has 1 N–H and O–H groups in total. The lowest BCUT2D eigenvalue weighted by Gasteiger charge is -2.37. The standard InChI is InChI=1S/C25H29N5OS/c1-18-8-6-10-22(20(18)3)29-13-15-30(16-14-29)24-25(27-12-11-26-24)32-17-23(31)28-21-9-5-4-7-19(21)2/h4-12H,13-17H2,1-3H3,(H,28,31). The molecule has 4 rings (SSSR count). The third-order valence-corrected chi connectivity index (χ3v) is 6.87. The molecular formula is C25H29N5OS. The summed E-state index contributed by atoms with van der Waals surface area (Å²) in [6.45, 7) is 9.94. The third-order valence-electron chi connectivity index (χ3n) is 5.90. The Morgan fingerprint density at radius 3 is 2.38 bits per heavy atom. The van der Waals surface area contributed by atoms with Crippen molar-refractivity contribution in [1.82, 2.24) is 9.97 Å². The van der Waals surface area contributed by atoms with Crippen molar-refractivity contribution in [2.24, 2.45) is 0 Å². The Bertz CT molecular complexity index is 1100. The van der Waals surface area contributed by atoms with Gasteiger partial charge in [-0.25, -0.2) is 9.97 Å². The van der Waals surface area contributed by atoms with Crippen LogP contribution in [-0.2, 0) is 4.79 Å². The van der Waals surface area contributed by atoms with Crippen molar-refractivity contribution >= 4 is 34.9 Å². The van der Waals surface area contributed by atoms with Crippen LogP contribution in [0.1, 0.15) is 16.7 Å². The van der Waals surface area contributed by atoms with Crippen LogP contribution >= 0.6 is 11.8 Å². The SMILES string of the molecule is Cc1ccccc1NC(=O)CSc1nccnc1N1CCN(c2cccc(C)c2C)CC1. The van der Waals surface area contributed by atoms with Crippen molar-refractivity contribution in [3.05, 3.63) is 71.5 Å². The van der Waals surface area contributed by atoms with Gasteiger partial charge < -0.3 is 15.1 Å². The van der Waals surface area contributed by atoms with Crippen LogP contribution < -0.4 is 15.1 Å². The molecule has 0 saturated carbocycles. The number of nitrogens with one attached hydrogen (secondary N) is 1. The summed E-state index contributed by atoms with van der Waals surface area (Å²) in [4.78, 5) is 26.3. The van der Waals surface area contributed by atoms with E-state index in [1.165, 1.54) is 28.6 Å². The first-order valence-electron chi connectivity index (χ1n) is 10.9. The Morgan fingerprint density at radius 2 is 1.59 bits per heavy atom. The average Bonchev–Trinajstić information content (AvgIpc) is 2.81. The molecule has 32 heavy (non-hydrogen) atoms. The second kappa shape index (κ2) is 10.0. The minimum Gasteiger partial charge on any atom is -0.368 e. The Kier molecular flexibility index (Phi) is 6.95. The smallest absolute Gasteiger partial charge is 0.234 e. The first kappa shape index (κ1) is 22.1. The monoisotopic (exact) mass is 447 g/mol. The van der Waals surface area contributed by atoms with Gasteiger partial charge in [0.2, 0.25) is 5.91 Å². The number of carbonyl (C=O) groups excluding carboxylic acids is 1. The molecule has 1 aromatic heterocycles. The fourth-order valence-corrected chi connectivity index (χ4v) is 4.69. The molecule has 1 fully saturated rings. The van der Waals surface area contributed by atoms with Gasteiger partial charge in [-0.3, -0.25) is 4.79 Å². The zero-order valence-corrected chi connectivity index (χ0v) is 19.7. The maximum atomic E-state index is 12.5. The second-order valence-corrected chi connectivity index (χ2v) is 8.99. The summed E-state index contributed by atoms with van der Waals surface area (Å²) in [5, 5.41) is 3.78. The van der Waals surface area contributed by atoms with Crippen LogP contribution in [0.25, 0.3) is 0 Å². The molecule has 3 aromatic rings. The van der Waals surface area contributed by atoms with Crippen molar-refractivity contribution in [3.63, 3.8) is 0 Å². The van der Waals surface area contributed by atoms with E-state index in [1.807, 2.05) is 31.2 Å². The van der Waals surface area contributed by atoms with Crippen LogP contribution in [0.4, 0.5) is 17.2 Å².